The molecular weight excluding hydrogens is 347 g/mol. The molecule has 0 N–H and O–H groups in total. The molecule has 5 heteroatoms. The van der Waals surface area contributed by atoms with Crippen LogP contribution in [0.5, 0.6) is 0 Å². The number of nitrogens with zero attached hydrogens (tertiary/aromatic N) is 2. The molecule has 2 nitrogen and oxygen atoms in total. The minimum absolute atomic E-state index is 0.00209. The Morgan fingerprint density at radius 3 is 2.47 bits per heavy atom. The lowest BCUT2D eigenvalue weighted by Gasteiger charge is -2.16. The van der Waals surface area contributed by atoms with Gasteiger partial charge in [0.1, 0.15) is 6.07 Å². The van der Waals surface area contributed by atoms with Gasteiger partial charge in [-0.3, -0.25) is 0 Å². The fourth-order valence-electron chi connectivity index (χ4n) is 1.86. The second-order valence-electron chi connectivity index (χ2n) is 4.07. The summed E-state index contributed by atoms with van der Waals surface area (Å²) in [7, 11) is 0. The number of hydrogen-bond donors (Lipinski definition) is 0. The number of nitriles is 1. The highest BCUT2D eigenvalue weighted by molar-refractivity contribution is 9.10. The normalized spacial score (nSPS) is 11.9. The molecular formula is C14H9BrCl2N2. The standard InChI is InChI=1S/C14H9BrCl2N2/c1-8(14-11(16)3-2-4-12(14)17)9-5-10(15)13(6-18)19-7-9/h2-5,7-8H,1H3. The predicted octanol–water partition coefficient (Wildman–Crippen LogP) is 5.17. The van der Waals surface area contributed by atoms with Crippen LogP contribution in [0.3, 0.4) is 0 Å². The Labute approximate surface area is 130 Å². The fraction of sp³-hybridized carbons (Fsp3) is 0.143. The third-order valence-electron chi connectivity index (χ3n) is 2.90. The maximum absolute atomic E-state index is 8.87. The number of pyridine rings is 1. The summed E-state index contributed by atoms with van der Waals surface area (Å²) in [5.41, 5.74) is 2.17. The fourth-order valence-corrected chi connectivity index (χ4v) is 3.04. The minimum atomic E-state index is -0.00209. The number of halogens is 3. The molecule has 1 atom stereocenters. The molecule has 1 heterocycles. The summed E-state index contributed by atoms with van der Waals surface area (Å²) in [5.74, 6) is -0.00209. The summed E-state index contributed by atoms with van der Waals surface area (Å²) in [6.07, 6.45) is 1.67. The molecule has 2 rings (SSSR count). The van der Waals surface area contributed by atoms with Gasteiger partial charge < -0.3 is 0 Å². The maximum Gasteiger partial charge on any atom is 0.154 e. The van der Waals surface area contributed by atoms with Crippen molar-refractivity contribution in [2.24, 2.45) is 0 Å². The lowest BCUT2D eigenvalue weighted by molar-refractivity contribution is 0.908. The highest BCUT2D eigenvalue weighted by Gasteiger charge is 2.17. The van der Waals surface area contributed by atoms with E-state index >= 15 is 0 Å². The van der Waals surface area contributed by atoms with E-state index in [2.05, 4.69) is 20.9 Å². The number of benzene rings is 1. The van der Waals surface area contributed by atoms with Crippen LogP contribution in [-0.2, 0) is 0 Å². The van der Waals surface area contributed by atoms with Crippen molar-refractivity contribution in [1.29, 1.82) is 5.26 Å². The van der Waals surface area contributed by atoms with Gasteiger partial charge in [0.15, 0.2) is 5.69 Å². The SMILES string of the molecule is CC(c1cnc(C#N)c(Br)c1)c1c(Cl)cccc1Cl. The van der Waals surface area contributed by atoms with Crippen molar-refractivity contribution in [2.45, 2.75) is 12.8 Å². The van der Waals surface area contributed by atoms with Gasteiger partial charge in [0, 0.05) is 22.2 Å². The van der Waals surface area contributed by atoms with Crippen molar-refractivity contribution < 1.29 is 0 Å². The van der Waals surface area contributed by atoms with Crippen LogP contribution in [0.4, 0.5) is 0 Å². The van der Waals surface area contributed by atoms with E-state index in [0.29, 0.717) is 20.2 Å². The first-order valence-corrected chi connectivity index (χ1v) is 7.09. The minimum Gasteiger partial charge on any atom is -0.244 e. The van der Waals surface area contributed by atoms with Gasteiger partial charge in [-0.15, -0.1) is 0 Å². The molecule has 0 aliphatic carbocycles. The van der Waals surface area contributed by atoms with E-state index in [4.69, 9.17) is 28.5 Å². The van der Waals surface area contributed by atoms with Crippen LogP contribution < -0.4 is 0 Å². The first kappa shape index (κ1) is 14.3. The second kappa shape index (κ2) is 5.92. The van der Waals surface area contributed by atoms with E-state index in [-0.39, 0.29) is 5.92 Å². The summed E-state index contributed by atoms with van der Waals surface area (Å²) in [5, 5.41) is 10.1. The third kappa shape index (κ3) is 2.92. The monoisotopic (exact) mass is 354 g/mol. The highest BCUT2D eigenvalue weighted by Crippen LogP contribution is 2.35. The average Bonchev–Trinajstić information content (AvgIpc) is 2.38. The Morgan fingerprint density at radius 2 is 1.95 bits per heavy atom. The van der Waals surface area contributed by atoms with E-state index in [0.717, 1.165) is 11.1 Å². The van der Waals surface area contributed by atoms with Crippen LogP contribution >= 0.6 is 39.1 Å². The van der Waals surface area contributed by atoms with Crippen LogP contribution in [0.1, 0.15) is 29.7 Å². The van der Waals surface area contributed by atoms with Crippen LogP contribution in [-0.4, -0.2) is 4.98 Å². The van der Waals surface area contributed by atoms with Gasteiger partial charge >= 0.3 is 0 Å². The Balaban J connectivity index is 2.48. The van der Waals surface area contributed by atoms with E-state index in [1.807, 2.05) is 37.3 Å². The first-order valence-electron chi connectivity index (χ1n) is 5.54. The predicted molar refractivity (Wildman–Crippen MR) is 80.6 cm³/mol. The number of hydrogen-bond acceptors (Lipinski definition) is 2. The van der Waals surface area contributed by atoms with Gasteiger partial charge in [0.2, 0.25) is 0 Å². The maximum atomic E-state index is 8.87. The van der Waals surface area contributed by atoms with Crippen LogP contribution in [0, 0.1) is 11.3 Å². The van der Waals surface area contributed by atoms with E-state index < -0.39 is 0 Å². The lowest BCUT2D eigenvalue weighted by Crippen LogP contribution is -2.00. The summed E-state index contributed by atoms with van der Waals surface area (Å²) < 4.78 is 0.669. The van der Waals surface area contributed by atoms with Crippen molar-refractivity contribution in [3.63, 3.8) is 0 Å². The Morgan fingerprint density at radius 1 is 1.32 bits per heavy atom. The van der Waals surface area contributed by atoms with Crippen molar-refractivity contribution in [2.75, 3.05) is 0 Å². The van der Waals surface area contributed by atoms with E-state index in [1.165, 1.54) is 0 Å². The molecule has 96 valence electrons. The van der Waals surface area contributed by atoms with Crippen molar-refractivity contribution in [1.82, 2.24) is 4.98 Å². The summed E-state index contributed by atoms with van der Waals surface area (Å²) in [4.78, 5) is 4.11. The smallest absolute Gasteiger partial charge is 0.154 e. The lowest BCUT2D eigenvalue weighted by atomic mass is 9.94. The van der Waals surface area contributed by atoms with Crippen molar-refractivity contribution in [3.05, 3.63) is 61.8 Å². The topological polar surface area (TPSA) is 36.7 Å². The molecule has 0 spiro atoms. The second-order valence-corrected chi connectivity index (χ2v) is 5.74. The highest BCUT2D eigenvalue weighted by atomic mass is 79.9. The van der Waals surface area contributed by atoms with Gasteiger partial charge in [0.25, 0.3) is 0 Å². The molecule has 1 aromatic carbocycles. The van der Waals surface area contributed by atoms with E-state index in [1.54, 1.807) is 6.20 Å². The van der Waals surface area contributed by atoms with Crippen LogP contribution in [0.2, 0.25) is 10.0 Å². The molecule has 0 fully saturated rings. The van der Waals surface area contributed by atoms with Gasteiger partial charge in [-0.05, 0) is 45.3 Å². The third-order valence-corrected chi connectivity index (χ3v) is 4.16. The summed E-state index contributed by atoms with van der Waals surface area (Å²) in [6, 6.07) is 9.32. The molecule has 1 aromatic heterocycles. The number of aromatic nitrogens is 1. The average molecular weight is 356 g/mol. The number of rotatable bonds is 2. The summed E-state index contributed by atoms with van der Waals surface area (Å²) in [6.45, 7) is 2.00. The van der Waals surface area contributed by atoms with Gasteiger partial charge in [-0.2, -0.15) is 5.26 Å². The molecule has 2 aromatic rings. The Kier molecular flexibility index (Phi) is 4.46. The van der Waals surface area contributed by atoms with Crippen molar-refractivity contribution >= 4 is 39.1 Å². The largest absolute Gasteiger partial charge is 0.244 e. The summed E-state index contributed by atoms with van der Waals surface area (Å²) >= 11 is 15.7. The molecule has 1 unspecified atom stereocenters. The first-order chi connectivity index (χ1) is 9.04. The molecule has 0 aliphatic rings. The molecule has 0 saturated carbocycles. The van der Waals surface area contributed by atoms with Crippen molar-refractivity contribution in [3.8, 4) is 6.07 Å². The van der Waals surface area contributed by atoms with Crippen LogP contribution in [0.25, 0.3) is 0 Å². The zero-order chi connectivity index (χ0) is 14.0. The Hall–Kier alpha value is -1.08. The molecule has 0 aliphatic heterocycles. The zero-order valence-corrected chi connectivity index (χ0v) is 13.1. The molecule has 0 radical (unpaired) electrons. The molecule has 0 saturated heterocycles. The zero-order valence-electron chi connectivity index (χ0n) is 9.99. The van der Waals surface area contributed by atoms with Crippen LogP contribution in [0.15, 0.2) is 34.9 Å². The molecule has 19 heavy (non-hydrogen) atoms. The molecule has 0 amide bonds. The van der Waals surface area contributed by atoms with E-state index in [9.17, 15) is 0 Å². The van der Waals surface area contributed by atoms with Gasteiger partial charge in [0.05, 0.1) is 4.47 Å². The molecule has 0 bridgehead atoms. The quantitative estimate of drug-likeness (QED) is 0.744. The van der Waals surface area contributed by atoms with Gasteiger partial charge in [-0.1, -0.05) is 36.2 Å². The Bertz CT molecular complexity index is 645. The van der Waals surface area contributed by atoms with Gasteiger partial charge in [-0.25, -0.2) is 4.98 Å².